The zero-order chi connectivity index (χ0) is 19.4. The van der Waals surface area contributed by atoms with Gasteiger partial charge in [-0.15, -0.1) is 6.58 Å². The molecule has 0 aromatic heterocycles. The second-order valence-electron chi connectivity index (χ2n) is 9.36. The van der Waals surface area contributed by atoms with Crippen LogP contribution in [0.15, 0.2) is 12.7 Å². The van der Waals surface area contributed by atoms with E-state index in [1.807, 2.05) is 6.92 Å². The molecule has 3 rings (SSSR count). The molecule has 0 unspecified atom stereocenters. The fourth-order valence-electron chi connectivity index (χ4n) is 6.67. The van der Waals surface area contributed by atoms with Crippen molar-refractivity contribution in [2.75, 3.05) is 13.7 Å². The average Bonchev–Trinajstić information content (AvgIpc) is 2.63. The molecule has 0 aromatic carbocycles. The van der Waals surface area contributed by atoms with E-state index >= 15 is 0 Å². The molecule has 1 aliphatic heterocycles. The summed E-state index contributed by atoms with van der Waals surface area (Å²) < 4.78 is 11.6. The topological polar surface area (TPSA) is 76.0 Å². The molecule has 7 atom stereocenters. The summed E-state index contributed by atoms with van der Waals surface area (Å²) in [6, 6.07) is 0. The zero-order valence-corrected chi connectivity index (χ0v) is 16.6. The van der Waals surface area contributed by atoms with Gasteiger partial charge in [0.05, 0.1) is 30.8 Å². The maximum Gasteiger partial charge on any atom is 0.314 e. The van der Waals surface area contributed by atoms with Crippen LogP contribution in [0, 0.1) is 22.7 Å². The van der Waals surface area contributed by atoms with Gasteiger partial charge < -0.3 is 19.7 Å². The standard InChI is InChI=1S/C21H34O5/c1-6-21(13-22)12-8-14-18(2)10-9-16(23)20(4,17(24)25-5)15(18)7-11-19(14,3)26-21/h6,14-16,22-23H,1,7-13H2,2-5H3/t14-,15-,16-,18+,19+,20-,21+/m1/s1. The average molecular weight is 366 g/mol. The quantitative estimate of drug-likeness (QED) is 0.593. The fraction of sp³-hybridized carbons (Fsp3) is 0.857. The van der Waals surface area contributed by atoms with Crippen LogP contribution in [0.1, 0.15) is 59.3 Å². The van der Waals surface area contributed by atoms with E-state index < -0.39 is 17.1 Å². The van der Waals surface area contributed by atoms with Gasteiger partial charge in [0.15, 0.2) is 0 Å². The van der Waals surface area contributed by atoms with E-state index in [1.165, 1.54) is 7.11 Å². The Morgan fingerprint density at radius 2 is 1.85 bits per heavy atom. The van der Waals surface area contributed by atoms with Crippen LogP contribution in [0.3, 0.4) is 0 Å². The molecule has 5 heteroatoms. The van der Waals surface area contributed by atoms with Crippen LogP contribution in [0.2, 0.25) is 0 Å². The summed E-state index contributed by atoms with van der Waals surface area (Å²) in [5.41, 5.74) is -2.03. The van der Waals surface area contributed by atoms with Crippen molar-refractivity contribution >= 4 is 5.97 Å². The molecule has 2 saturated carbocycles. The molecule has 1 saturated heterocycles. The third-order valence-corrected chi connectivity index (χ3v) is 8.19. The van der Waals surface area contributed by atoms with Crippen molar-refractivity contribution in [1.82, 2.24) is 0 Å². The minimum Gasteiger partial charge on any atom is -0.469 e. The molecule has 0 bridgehead atoms. The number of rotatable bonds is 3. The summed E-state index contributed by atoms with van der Waals surface area (Å²) >= 11 is 0. The molecule has 2 N–H and O–H groups in total. The Labute approximate surface area is 156 Å². The van der Waals surface area contributed by atoms with Gasteiger partial charge >= 0.3 is 5.97 Å². The molecule has 0 radical (unpaired) electrons. The van der Waals surface area contributed by atoms with Crippen molar-refractivity contribution < 1.29 is 24.5 Å². The first-order valence-electron chi connectivity index (χ1n) is 9.83. The molecule has 1 heterocycles. The Balaban J connectivity index is 1.99. The Morgan fingerprint density at radius 3 is 2.42 bits per heavy atom. The number of methoxy groups -OCH3 is 1. The second kappa shape index (κ2) is 6.32. The summed E-state index contributed by atoms with van der Waals surface area (Å²) in [7, 11) is 1.41. The van der Waals surface area contributed by atoms with Gasteiger partial charge in [0.25, 0.3) is 0 Å². The lowest BCUT2D eigenvalue weighted by molar-refractivity contribution is -0.273. The van der Waals surface area contributed by atoms with Crippen LogP contribution in [0.4, 0.5) is 0 Å². The Bertz CT molecular complexity index is 591. The second-order valence-corrected chi connectivity index (χ2v) is 9.36. The first-order valence-corrected chi connectivity index (χ1v) is 9.83. The third kappa shape index (κ3) is 2.50. The van der Waals surface area contributed by atoms with Crippen molar-refractivity contribution in [3.8, 4) is 0 Å². The van der Waals surface area contributed by atoms with E-state index in [2.05, 4.69) is 20.4 Å². The number of fused-ring (bicyclic) bond motifs is 3. The lowest BCUT2D eigenvalue weighted by Gasteiger charge is -2.65. The molecule has 3 aliphatic rings. The predicted molar refractivity (Wildman–Crippen MR) is 98.4 cm³/mol. The maximum absolute atomic E-state index is 12.7. The van der Waals surface area contributed by atoms with E-state index in [9.17, 15) is 15.0 Å². The molecule has 0 spiro atoms. The number of carbonyl (C=O) groups is 1. The molecule has 3 fully saturated rings. The zero-order valence-electron chi connectivity index (χ0n) is 16.6. The van der Waals surface area contributed by atoms with Gasteiger partial charge in [0.1, 0.15) is 5.60 Å². The van der Waals surface area contributed by atoms with Gasteiger partial charge in [0.2, 0.25) is 0 Å². The van der Waals surface area contributed by atoms with Gasteiger partial charge in [-0.3, -0.25) is 4.79 Å². The van der Waals surface area contributed by atoms with Crippen LogP contribution in [0.5, 0.6) is 0 Å². The highest BCUT2D eigenvalue weighted by molar-refractivity contribution is 5.78. The van der Waals surface area contributed by atoms with Gasteiger partial charge in [0, 0.05) is 0 Å². The van der Waals surface area contributed by atoms with Crippen LogP contribution < -0.4 is 0 Å². The van der Waals surface area contributed by atoms with Crippen molar-refractivity contribution in [3.63, 3.8) is 0 Å². The lowest BCUT2D eigenvalue weighted by Crippen LogP contribution is -2.67. The molecular weight excluding hydrogens is 332 g/mol. The minimum atomic E-state index is -0.882. The van der Waals surface area contributed by atoms with Crippen LogP contribution >= 0.6 is 0 Å². The summed E-state index contributed by atoms with van der Waals surface area (Å²) in [4.78, 5) is 12.7. The number of hydrogen-bond acceptors (Lipinski definition) is 5. The summed E-state index contributed by atoms with van der Waals surface area (Å²) in [5, 5.41) is 20.6. The lowest BCUT2D eigenvalue weighted by atomic mass is 9.43. The Kier molecular flexibility index (Phi) is 4.82. The molecule has 0 aromatic rings. The number of aliphatic hydroxyl groups excluding tert-OH is 2. The Hall–Kier alpha value is -0.910. The van der Waals surface area contributed by atoms with E-state index in [4.69, 9.17) is 9.47 Å². The van der Waals surface area contributed by atoms with Gasteiger partial charge in [-0.2, -0.15) is 0 Å². The molecule has 26 heavy (non-hydrogen) atoms. The molecule has 0 amide bonds. The van der Waals surface area contributed by atoms with Gasteiger partial charge in [-0.05, 0) is 69.6 Å². The fourth-order valence-corrected chi connectivity index (χ4v) is 6.67. The van der Waals surface area contributed by atoms with Gasteiger partial charge in [-0.1, -0.05) is 13.0 Å². The minimum absolute atomic E-state index is 0.0539. The highest BCUT2D eigenvalue weighted by Gasteiger charge is 2.66. The first kappa shape index (κ1) is 19.8. The number of esters is 1. The van der Waals surface area contributed by atoms with E-state index in [-0.39, 0.29) is 35.4 Å². The van der Waals surface area contributed by atoms with Crippen molar-refractivity contribution in [1.29, 1.82) is 0 Å². The summed E-state index contributed by atoms with van der Waals surface area (Å²) in [5.74, 6) is 0.0140. The number of ether oxygens (including phenoxy) is 2. The van der Waals surface area contributed by atoms with Gasteiger partial charge in [-0.25, -0.2) is 0 Å². The van der Waals surface area contributed by atoms with Crippen molar-refractivity contribution in [2.45, 2.75) is 76.6 Å². The van der Waals surface area contributed by atoms with E-state index in [1.54, 1.807) is 6.08 Å². The summed E-state index contributed by atoms with van der Waals surface area (Å²) in [6.45, 7) is 10.1. The van der Waals surface area contributed by atoms with Crippen molar-refractivity contribution in [3.05, 3.63) is 12.7 Å². The summed E-state index contributed by atoms with van der Waals surface area (Å²) in [6.07, 6.45) is 5.78. The molecule has 148 valence electrons. The molecule has 5 nitrogen and oxygen atoms in total. The third-order valence-electron chi connectivity index (χ3n) is 8.19. The van der Waals surface area contributed by atoms with E-state index in [0.29, 0.717) is 6.42 Å². The normalized spacial score (nSPS) is 51.1. The van der Waals surface area contributed by atoms with Crippen LogP contribution in [0.25, 0.3) is 0 Å². The highest BCUT2D eigenvalue weighted by Crippen LogP contribution is 2.65. The molecule has 2 aliphatic carbocycles. The predicted octanol–water partition coefficient (Wildman–Crippen LogP) is 2.84. The SMILES string of the molecule is C=C[C@@]1(CO)CC[C@@H]2[C@]3(C)CC[C@@H](O)[C@](C)(C(=O)OC)[C@@H]3CC[C@]2(C)O1. The number of aliphatic hydroxyl groups is 2. The first-order chi connectivity index (χ1) is 12.1. The highest BCUT2D eigenvalue weighted by atomic mass is 16.5. The monoisotopic (exact) mass is 366 g/mol. The molecular formula is C21H34O5. The van der Waals surface area contributed by atoms with Crippen LogP contribution in [-0.4, -0.2) is 47.2 Å². The smallest absolute Gasteiger partial charge is 0.314 e. The van der Waals surface area contributed by atoms with Crippen LogP contribution in [-0.2, 0) is 14.3 Å². The largest absolute Gasteiger partial charge is 0.469 e. The van der Waals surface area contributed by atoms with Crippen molar-refractivity contribution in [2.24, 2.45) is 22.7 Å². The van der Waals surface area contributed by atoms with E-state index in [0.717, 1.165) is 32.1 Å². The number of hydrogen-bond donors (Lipinski definition) is 2. The number of carbonyl (C=O) groups excluding carboxylic acids is 1. The Morgan fingerprint density at radius 1 is 1.19 bits per heavy atom. The maximum atomic E-state index is 12.7.